The van der Waals surface area contributed by atoms with Crippen LogP contribution in [0.5, 0.6) is 5.75 Å². The van der Waals surface area contributed by atoms with E-state index in [4.69, 9.17) is 16.3 Å². The van der Waals surface area contributed by atoms with Gasteiger partial charge < -0.3 is 10.1 Å². The zero-order valence-electron chi connectivity index (χ0n) is 18.1. The minimum Gasteiger partial charge on any atom is -0.495 e. The minimum atomic E-state index is -4.02. The van der Waals surface area contributed by atoms with Crippen molar-refractivity contribution in [3.63, 3.8) is 0 Å². The molecule has 2 aromatic rings. The first-order chi connectivity index (χ1) is 14.9. The van der Waals surface area contributed by atoms with Gasteiger partial charge in [-0.1, -0.05) is 11.6 Å². The molecule has 0 aliphatic rings. The standard InChI is InChI=1S/C20H26ClN3O6S2/c1-14(2)23-20(25)11-12-22-31(26,27)17-9-10-19(30-4)18(13-17)24(3)32(28,29)16-7-5-15(21)6-8-16/h5-10,13-14,22H,11-12H2,1-4H3,(H,23,25). The van der Waals surface area contributed by atoms with Crippen LogP contribution in [0.15, 0.2) is 52.3 Å². The number of benzene rings is 2. The summed E-state index contributed by atoms with van der Waals surface area (Å²) in [6.45, 7) is 3.49. The highest BCUT2D eigenvalue weighted by molar-refractivity contribution is 7.92. The fourth-order valence-electron chi connectivity index (χ4n) is 2.75. The van der Waals surface area contributed by atoms with E-state index in [0.29, 0.717) is 5.02 Å². The van der Waals surface area contributed by atoms with Crippen molar-refractivity contribution in [2.75, 3.05) is 25.0 Å². The van der Waals surface area contributed by atoms with E-state index in [2.05, 4.69) is 10.0 Å². The summed E-state index contributed by atoms with van der Waals surface area (Å²) >= 11 is 5.84. The fraction of sp³-hybridized carbons (Fsp3) is 0.350. The molecule has 0 aliphatic carbocycles. The topological polar surface area (TPSA) is 122 Å². The minimum absolute atomic E-state index is 0.0194. The third-order valence-electron chi connectivity index (χ3n) is 4.37. The van der Waals surface area contributed by atoms with Crippen molar-refractivity contribution in [2.24, 2.45) is 0 Å². The van der Waals surface area contributed by atoms with Crippen LogP contribution in [-0.2, 0) is 24.8 Å². The molecule has 2 rings (SSSR count). The number of hydrogen-bond donors (Lipinski definition) is 2. The molecular weight excluding hydrogens is 478 g/mol. The molecule has 0 fully saturated rings. The zero-order valence-corrected chi connectivity index (χ0v) is 20.5. The van der Waals surface area contributed by atoms with Crippen LogP contribution in [0.2, 0.25) is 5.02 Å². The molecule has 0 bridgehead atoms. The number of amides is 1. The molecule has 0 heterocycles. The van der Waals surface area contributed by atoms with Crippen molar-refractivity contribution in [3.8, 4) is 5.75 Å². The number of halogens is 1. The molecule has 0 unspecified atom stereocenters. The third-order valence-corrected chi connectivity index (χ3v) is 7.86. The predicted molar refractivity (Wildman–Crippen MR) is 123 cm³/mol. The lowest BCUT2D eigenvalue weighted by atomic mass is 10.3. The smallest absolute Gasteiger partial charge is 0.264 e. The first-order valence-electron chi connectivity index (χ1n) is 9.60. The molecule has 0 saturated heterocycles. The van der Waals surface area contributed by atoms with Crippen LogP contribution >= 0.6 is 11.6 Å². The summed E-state index contributed by atoms with van der Waals surface area (Å²) in [5.41, 5.74) is 0.0304. The average Bonchev–Trinajstić information content (AvgIpc) is 2.72. The molecule has 176 valence electrons. The Kier molecular flexibility index (Phi) is 8.52. The molecule has 32 heavy (non-hydrogen) atoms. The lowest BCUT2D eigenvalue weighted by Gasteiger charge is -2.22. The maximum absolute atomic E-state index is 13.0. The lowest BCUT2D eigenvalue weighted by Crippen LogP contribution is -2.34. The van der Waals surface area contributed by atoms with E-state index in [9.17, 15) is 21.6 Å². The molecule has 1 amide bonds. The second-order valence-corrected chi connectivity index (χ2v) is 11.3. The number of nitrogens with zero attached hydrogens (tertiary/aromatic N) is 1. The Morgan fingerprint density at radius 3 is 2.22 bits per heavy atom. The monoisotopic (exact) mass is 503 g/mol. The second-order valence-electron chi connectivity index (χ2n) is 7.13. The van der Waals surface area contributed by atoms with Crippen LogP contribution in [0.3, 0.4) is 0 Å². The number of carbonyl (C=O) groups is 1. The molecule has 9 nitrogen and oxygen atoms in total. The molecule has 12 heteroatoms. The number of nitrogens with one attached hydrogen (secondary N) is 2. The second kappa shape index (κ2) is 10.5. The molecule has 0 aliphatic heterocycles. The van der Waals surface area contributed by atoms with Gasteiger partial charge in [0, 0.05) is 31.1 Å². The summed E-state index contributed by atoms with van der Waals surface area (Å²) in [7, 11) is -5.38. The Labute approximate surface area is 193 Å². The Bertz CT molecular complexity index is 1170. The first kappa shape index (κ1) is 25.9. The van der Waals surface area contributed by atoms with E-state index in [1.807, 2.05) is 0 Å². The van der Waals surface area contributed by atoms with Gasteiger partial charge in [0.15, 0.2) is 0 Å². The number of hydrogen-bond acceptors (Lipinski definition) is 6. The van der Waals surface area contributed by atoms with Gasteiger partial charge in [-0.25, -0.2) is 21.6 Å². The number of rotatable bonds is 10. The maximum Gasteiger partial charge on any atom is 0.264 e. The molecule has 2 aromatic carbocycles. The van der Waals surface area contributed by atoms with Crippen molar-refractivity contribution in [3.05, 3.63) is 47.5 Å². The Hall–Kier alpha value is -2.34. The predicted octanol–water partition coefficient (Wildman–Crippen LogP) is 2.37. The van der Waals surface area contributed by atoms with E-state index in [0.717, 1.165) is 4.31 Å². The van der Waals surface area contributed by atoms with Crippen LogP contribution < -0.4 is 19.1 Å². The number of sulfonamides is 2. The van der Waals surface area contributed by atoms with Crippen LogP contribution in [0.1, 0.15) is 20.3 Å². The highest BCUT2D eigenvalue weighted by Gasteiger charge is 2.26. The molecule has 0 saturated carbocycles. The van der Waals surface area contributed by atoms with Crippen molar-refractivity contribution in [1.82, 2.24) is 10.0 Å². The molecule has 0 aromatic heterocycles. The Morgan fingerprint density at radius 1 is 1.06 bits per heavy atom. The Morgan fingerprint density at radius 2 is 1.66 bits per heavy atom. The van der Waals surface area contributed by atoms with Gasteiger partial charge in [-0.05, 0) is 56.3 Å². The zero-order chi connectivity index (χ0) is 24.1. The maximum atomic E-state index is 13.0. The van der Waals surface area contributed by atoms with Gasteiger partial charge in [0.25, 0.3) is 10.0 Å². The quantitative estimate of drug-likeness (QED) is 0.513. The SMILES string of the molecule is COc1ccc(S(=O)(=O)NCCC(=O)NC(C)C)cc1N(C)S(=O)(=O)c1ccc(Cl)cc1. The van der Waals surface area contributed by atoms with E-state index in [1.165, 1.54) is 56.6 Å². The number of anilines is 1. The van der Waals surface area contributed by atoms with E-state index in [-0.39, 0.29) is 46.1 Å². The largest absolute Gasteiger partial charge is 0.495 e. The number of methoxy groups -OCH3 is 1. The van der Waals surface area contributed by atoms with Crippen LogP contribution in [-0.4, -0.2) is 49.5 Å². The van der Waals surface area contributed by atoms with Crippen molar-refractivity contribution in [2.45, 2.75) is 36.1 Å². The summed E-state index contributed by atoms with van der Waals surface area (Å²) < 4.78 is 60.0. The number of ether oxygens (including phenoxy) is 1. The first-order valence-corrected chi connectivity index (χ1v) is 12.9. The van der Waals surface area contributed by atoms with Gasteiger partial charge in [-0.3, -0.25) is 9.10 Å². The molecule has 0 radical (unpaired) electrons. The van der Waals surface area contributed by atoms with E-state index >= 15 is 0 Å². The van der Waals surface area contributed by atoms with Gasteiger partial charge >= 0.3 is 0 Å². The van der Waals surface area contributed by atoms with E-state index in [1.54, 1.807) is 13.8 Å². The summed E-state index contributed by atoms with van der Waals surface area (Å²) in [5, 5.41) is 3.05. The average molecular weight is 504 g/mol. The van der Waals surface area contributed by atoms with Crippen LogP contribution in [0, 0.1) is 0 Å². The summed E-state index contributed by atoms with van der Waals surface area (Å²) in [6, 6.07) is 9.39. The molecule has 0 spiro atoms. The van der Waals surface area contributed by atoms with Crippen molar-refractivity contribution in [1.29, 1.82) is 0 Å². The van der Waals surface area contributed by atoms with Gasteiger partial charge in [0.1, 0.15) is 5.75 Å². The summed E-state index contributed by atoms with van der Waals surface area (Å²) in [6.07, 6.45) is -0.0364. The van der Waals surface area contributed by atoms with Crippen molar-refractivity contribution < 1.29 is 26.4 Å². The normalized spacial score (nSPS) is 11.9. The molecule has 2 N–H and O–H groups in total. The van der Waals surface area contributed by atoms with E-state index < -0.39 is 20.0 Å². The lowest BCUT2D eigenvalue weighted by molar-refractivity contribution is -0.121. The summed E-state index contributed by atoms with van der Waals surface area (Å²) in [4.78, 5) is 11.5. The highest BCUT2D eigenvalue weighted by atomic mass is 35.5. The van der Waals surface area contributed by atoms with Crippen LogP contribution in [0.25, 0.3) is 0 Å². The fourth-order valence-corrected chi connectivity index (χ4v) is 5.13. The van der Waals surface area contributed by atoms with Crippen LogP contribution in [0.4, 0.5) is 5.69 Å². The summed E-state index contributed by atoms with van der Waals surface area (Å²) in [5.74, 6) is -0.118. The van der Waals surface area contributed by atoms with Gasteiger partial charge in [0.05, 0.1) is 22.6 Å². The Balaban J connectivity index is 2.31. The highest BCUT2D eigenvalue weighted by Crippen LogP contribution is 2.33. The van der Waals surface area contributed by atoms with Gasteiger partial charge in [-0.2, -0.15) is 0 Å². The van der Waals surface area contributed by atoms with Crippen molar-refractivity contribution >= 4 is 43.2 Å². The molecular formula is C20H26ClN3O6S2. The van der Waals surface area contributed by atoms with Gasteiger partial charge in [0.2, 0.25) is 15.9 Å². The third kappa shape index (κ3) is 6.35. The molecule has 0 atom stereocenters. The van der Waals surface area contributed by atoms with Gasteiger partial charge in [-0.15, -0.1) is 0 Å². The number of carbonyl (C=O) groups excluding carboxylic acids is 1.